The summed E-state index contributed by atoms with van der Waals surface area (Å²) >= 11 is 8.11. The van der Waals surface area contributed by atoms with E-state index in [2.05, 4.69) is 26.2 Å². The third-order valence-corrected chi connectivity index (χ3v) is 2.95. The third kappa shape index (κ3) is 3.24. The average molecular weight is 302 g/mol. The first-order valence-corrected chi connectivity index (χ1v) is 5.76. The van der Waals surface area contributed by atoms with Crippen LogP contribution in [-0.2, 0) is 0 Å². The van der Waals surface area contributed by atoms with Crippen LogP contribution in [0.1, 0.15) is 24.2 Å². The molecule has 0 radical (unpaired) electrons. The number of carbonyl (C=O) groups is 1. The zero-order valence-corrected chi connectivity index (χ0v) is 11.4. The van der Waals surface area contributed by atoms with Crippen LogP contribution in [0.3, 0.4) is 0 Å². The molecule has 0 fully saturated rings. The van der Waals surface area contributed by atoms with Gasteiger partial charge < -0.3 is 11.1 Å². The molecule has 1 aromatic heterocycles. The highest BCUT2D eigenvalue weighted by atomic mass is 79.9. The quantitative estimate of drug-likeness (QED) is 0.833. The van der Waals surface area contributed by atoms with E-state index in [1.54, 1.807) is 26.1 Å². The molecule has 6 heteroatoms. The fourth-order valence-corrected chi connectivity index (χ4v) is 1.37. The topological polar surface area (TPSA) is 68.0 Å². The summed E-state index contributed by atoms with van der Waals surface area (Å²) in [4.78, 5) is 16.0. The molecule has 0 aromatic carbocycles. The zero-order valence-electron chi connectivity index (χ0n) is 8.95. The number of nitrogens with one attached hydrogen (secondary N) is 1. The Morgan fingerprint density at radius 2 is 2.19 bits per heavy atom. The van der Waals surface area contributed by atoms with Gasteiger partial charge in [-0.15, -0.1) is 0 Å². The zero-order chi connectivity index (χ0) is 12.3. The van der Waals surface area contributed by atoms with Crippen LogP contribution in [-0.4, -0.2) is 21.4 Å². The van der Waals surface area contributed by atoms with Gasteiger partial charge in [0.15, 0.2) is 0 Å². The van der Waals surface area contributed by atoms with Crippen molar-refractivity contribution in [1.29, 1.82) is 0 Å². The molecule has 1 amide bonds. The van der Waals surface area contributed by atoms with Crippen LogP contribution in [0.2, 0.25) is 0 Å². The lowest BCUT2D eigenvalue weighted by Crippen LogP contribution is -2.52. The number of hydrogen-bond donors (Lipinski definition) is 2. The number of rotatable bonds is 3. The Hall–Kier alpha value is -1.01. The van der Waals surface area contributed by atoms with Crippen LogP contribution >= 0.6 is 28.1 Å². The number of aromatic nitrogens is 1. The summed E-state index contributed by atoms with van der Waals surface area (Å²) in [6.07, 6.45) is 3.09. The van der Waals surface area contributed by atoms with Gasteiger partial charge in [0.1, 0.15) is 0 Å². The van der Waals surface area contributed by atoms with E-state index in [0.29, 0.717) is 5.56 Å². The highest BCUT2D eigenvalue weighted by molar-refractivity contribution is 9.10. The molecular formula is C10H12BrN3OS. The number of nitrogens with zero attached hydrogens (tertiary/aromatic N) is 1. The van der Waals surface area contributed by atoms with Crippen LogP contribution in [0.15, 0.2) is 22.9 Å². The summed E-state index contributed by atoms with van der Waals surface area (Å²) < 4.78 is 0.744. The monoisotopic (exact) mass is 301 g/mol. The van der Waals surface area contributed by atoms with E-state index in [0.717, 1.165) is 4.47 Å². The molecule has 0 aliphatic rings. The second kappa shape index (κ2) is 4.88. The molecule has 0 atom stereocenters. The summed E-state index contributed by atoms with van der Waals surface area (Å²) in [5.74, 6) is -0.258. The van der Waals surface area contributed by atoms with E-state index >= 15 is 0 Å². The molecule has 3 N–H and O–H groups in total. The van der Waals surface area contributed by atoms with Crippen molar-refractivity contribution in [3.05, 3.63) is 28.5 Å². The van der Waals surface area contributed by atoms with Crippen molar-refractivity contribution in [3.8, 4) is 0 Å². The molecule has 86 valence electrons. The first-order valence-electron chi connectivity index (χ1n) is 4.56. The van der Waals surface area contributed by atoms with Crippen LogP contribution in [0.5, 0.6) is 0 Å². The molecule has 0 saturated carbocycles. The molecule has 0 saturated heterocycles. The van der Waals surface area contributed by atoms with Gasteiger partial charge in [-0.25, -0.2) is 0 Å². The molecule has 1 aromatic rings. The van der Waals surface area contributed by atoms with E-state index in [1.165, 1.54) is 6.20 Å². The molecule has 4 nitrogen and oxygen atoms in total. The highest BCUT2D eigenvalue weighted by Gasteiger charge is 2.24. The van der Waals surface area contributed by atoms with Crippen LogP contribution in [0.25, 0.3) is 0 Å². The minimum atomic E-state index is -0.714. The number of amides is 1. The van der Waals surface area contributed by atoms with Crippen LogP contribution < -0.4 is 11.1 Å². The second-order valence-electron chi connectivity index (χ2n) is 3.84. The maximum absolute atomic E-state index is 11.8. The predicted molar refractivity (Wildman–Crippen MR) is 70.3 cm³/mol. The van der Waals surface area contributed by atoms with Crippen molar-refractivity contribution in [3.63, 3.8) is 0 Å². The molecule has 0 aliphatic heterocycles. The summed E-state index contributed by atoms with van der Waals surface area (Å²) in [5, 5.41) is 2.73. The van der Waals surface area contributed by atoms with Crippen molar-refractivity contribution in [2.45, 2.75) is 19.4 Å². The minimum absolute atomic E-state index is 0.240. The van der Waals surface area contributed by atoms with Gasteiger partial charge >= 0.3 is 0 Å². The van der Waals surface area contributed by atoms with Crippen molar-refractivity contribution in [2.24, 2.45) is 5.73 Å². The summed E-state index contributed by atoms with van der Waals surface area (Å²) in [6.45, 7) is 3.50. The second-order valence-corrected chi connectivity index (χ2v) is 5.19. The molecule has 0 unspecified atom stereocenters. The molecule has 16 heavy (non-hydrogen) atoms. The summed E-state index contributed by atoms with van der Waals surface area (Å²) in [6, 6.07) is 1.68. The molecule has 1 heterocycles. The van der Waals surface area contributed by atoms with Gasteiger partial charge in [-0.2, -0.15) is 0 Å². The highest BCUT2D eigenvalue weighted by Crippen LogP contribution is 2.11. The first kappa shape index (κ1) is 13.1. The van der Waals surface area contributed by atoms with E-state index in [1.807, 2.05) is 0 Å². The predicted octanol–water partition coefficient (Wildman–Crippen LogP) is 1.64. The fourth-order valence-electron chi connectivity index (χ4n) is 0.954. The molecular weight excluding hydrogens is 290 g/mol. The Bertz CT molecular complexity index is 434. The lowest BCUT2D eigenvalue weighted by molar-refractivity contribution is 0.0932. The average Bonchev–Trinajstić information content (AvgIpc) is 2.16. The van der Waals surface area contributed by atoms with E-state index in [-0.39, 0.29) is 10.9 Å². The van der Waals surface area contributed by atoms with Gasteiger partial charge in [0, 0.05) is 16.9 Å². The Balaban J connectivity index is 2.85. The Kier molecular flexibility index (Phi) is 3.98. The SMILES string of the molecule is CC(C)(NC(=O)c1cncc(Br)c1)C(N)=S. The number of hydrogen-bond acceptors (Lipinski definition) is 3. The van der Waals surface area contributed by atoms with Gasteiger partial charge in [0.25, 0.3) is 5.91 Å². The van der Waals surface area contributed by atoms with Crippen molar-refractivity contribution < 1.29 is 4.79 Å². The number of carbonyl (C=O) groups excluding carboxylic acids is 1. The number of thiocarbonyl (C=S) groups is 1. The number of nitrogens with two attached hydrogens (primary N) is 1. The standard InChI is InChI=1S/C10H12BrN3OS/c1-10(2,9(12)16)14-8(15)6-3-7(11)5-13-4-6/h3-5H,1-2H3,(H2,12,16)(H,14,15). The Morgan fingerprint density at radius 1 is 1.56 bits per heavy atom. The first-order chi connectivity index (χ1) is 7.33. The van der Waals surface area contributed by atoms with Crippen LogP contribution in [0, 0.1) is 0 Å². The van der Waals surface area contributed by atoms with Gasteiger partial charge in [0.05, 0.1) is 16.1 Å². The van der Waals surface area contributed by atoms with E-state index < -0.39 is 5.54 Å². The van der Waals surface area contributed by atoms with E-state index in [9.17, 15) is 4.79 Å². The third-order valence-electron chi connectivity index (χ3n) is 2.01. The largest absolute Gasteiger partial charge is 0.391 e. The molecule has 0 bridgehead atoms. The van der Waals surface area contributed by atoms with Gasteiger partial charge in [-0.1, -0.05) is 12.2 Å². The molecule has 0 spiro atoms. The number of halogens is 1. The summed E-state index contributed by atoms with van der Waals surface area (Å²) in [5.41, 5.74) is 5.26. The maximum Gasteiger partial charge on any atom is 0.253 e. The van der Waals surface area contributed by atoms with Gasteiger partial charge in [-0.3, -0.25) is 9.78 Å². The van der Waals surface area contributed by atoms with Gasteiger partial charge in [0.2, 0.25) is 0 Å². The van der Waals surface area contributed by atoms with E-state index in [4.69, 9.17) is 18.0 Å². The minimum Gasteiger partial charge on any atom is -0.391 e. The number of pyridine rings is 1. The smallest absolute Gasteiger partial charge is 0.253 e. The van der Waals surface area contributed by atoms with Crippen molar-refractivity contribution in [1.82, 2.24) is 10.3 Å². The Labute approximate surface area is 108 Å². The maximum atomic E-state index is 11.8. The lowest BCUT2D eigenvalue weighted by Gasteiger charge is -2.24. The Morgan fingerprint density at radius 3 is 2.69 bits per heavy atom. The summed E-state index contributed by atoms with van der Waals surface area (Å²) in [7, 11) is 0. The van der Waals surface area contributed by atoms with Gasteiger partial charge in [-0.05, 0) is 35.8 Å². The van der Waals surface area contributed by atoms with Crippen LogP contribution in [0.4, 0.5) is 0 Å². The lowest BCUT2D eigenvalue weighted by atomic mass is 10.1. The fraction of sp³-hybridized carbons (Fsp3) is 0.300. The normalized spacial score (nSPS) is 10.9. The van der Waals surface area contributed by atoms with Crippen molar-refractivity contribution in [2.75, 3.05) is 0 Å². The molecule has 0 aliphatic carbocycles. The molecule has 1 rings (SSSR count). The van der Waals surface area contributed by atoms with Crippen molar-refractivity contribution >= 4 is 39.0 Å².